The van der Waals surface area contributed by atoms with E-state index in [0.29, 0.717) is 11.8 Å². The lowest BCUT2D eigenvalue weighted by molar-refractivity contribution is 0.567. The monoisotopic (exact) mass is 250 g/mol. The van der Waals surface area contributed by atoms with Gasteiger partial charge in [-0.15, -0.1) is 11.6 Å². The molecular formula is C11H13Cl3. The van der Waals surface area contributed by atoms with Crippen LogP contribution in [0.25, 0.3) is 0 Å². The summed E-state index contributed by atoms with van der Waals surface area (Å²) in [7, 11) is 0. The van der Waals surface area contributed by atoms with E-state index in [0.717, 1.165) is 28.5 Å². The molecule has 0 radical (unpaired) electrons. The molecule has 3 heteroatoms. The van der Waals surface area contributed by atoms with Crippen LogP contribution in [0.2, 0.25) is 10.0 Å². The lowest BCUT2D eigenvalue weighted by Gasteiger charge is -2.13. The van der Waals surface area contributed by atoms with Crippen LogP contribution in [0.1, 0.15) is 18.9 Å². The summed E-state index contributed by atoms with van der Waals surface area (Å²) in [5.41, 5.74) is 1.02. The molecule has 78 valence electrons. The number of hydrogen-bond acceptors (Lipinski definition) is 0. The van der Waals surface area contributed by atoms with E-state index < -0.39 is 0 Å². The maximum atomic E-state index is 6.06. The molecule has 1 aromatic rings. The first-order valence-corrected chi connectivity index (χ1v) is 5.97. The van der Waals surface area contributed by atoms with Crippen LogP contribution in [0, 0.1) is 5.92 Å². The van der Waals surface area contributed by atoms with Crippen LogP contribution in [-0.2, 0) is 6.42 Å². The van der Waals surface area contributed by atoms with E-state index >= 15 is 0 Å². The van der Waals surface area contributed by atoms with Gasteiger partial charge in [0.25, 0.3) is 0 Å². The first kappa shape index (κ1) is 12.2. The minimum absolute atomic E-state index is 0.453. The smallest absolute Gasteiger partial charge is 0.0452 e. The summed E-state index contributed by atoms with van der Waals surface area (Å²) in [5.74, 6) is 1.10. The Morgan fingerprint density at radius 1 is 1.21 bits per heavy atom. The molecule has 0 aliphatic carbocycles. The number of alkyl halides is 1. The summed E-state index contributed by atoms with van der Waals surface area (Å²) in [6, 6.07) is 5.59. The average Bonchev–Trinajstić information content (AvgIpc) is 2.18. The van der Waals surface area contributed by atoms with E-state index in [2.05, 4.69) is 6.92 Å². The van der Waals surface area contributed by atoms with Crippen molar-refractivity contribution in [3.63, 3.8) is 0 Å². The normalized spacial score (nSPS) is 12.9. The zero-order valence-electron chi connectivity index (χ0n) is 8.06. The van der Waals surface area contributed by atoms with Gasteiger partial charge in [0.05, 0.1) is 0 Å². The summed E-state index contributed by atoms with van der Waals surface area (Å²) >= 11 is 18.0. The predicted molar refractivity (Wildman–Crippen MR) is 64.7 cm³/mol. The highest BCUT2D eigenvalue weighted by Gasteiger charge is 2.11. The molecule has 0 bridgehead atoms. The zero-order valence-corrected chi connectivity index (χ0v) is 10.3. The lowest BCUT2D eigenvalue weighted by atomic mass is 9.99. The minimum atomic E-state index is 0.453. The number of halogens is 3. The van der Waals surface area contributed by atoms with Gasteiger partial charge in [0, 0.05) is 15.9 Å². The SMILES string of the molecule is CCC(CCl)Cc1c(Cl)cccc1Cl. The molecule has 0 aromatic heterocycles. The van der Waals surface area contributed by atoms with Gasteiger partial charge >= 0.3 is 0 Å². The van der Waals surface area contributed by atoms with E-state index in [9.17, 15) is 0 Å². The van der Waals surface area contributed by atoms with Crippen molar-refractivity contribution in [3.8, 4) is 0 Å². The van der Waals surface area contributed by atoms with Crippen molar-refractivity contribution >= 4 is 34.8 Å². The fourth-order valence-electron chi connectivity index (χ4n) is 1.32. The molecular weight excluding hydrogens is 238 g/mol. The van der Waals surface area contributed by atoms with Gasteiger partial charge in [-0.25, -0.2) is 0 Å². The van der Waals surface area contributed by atoms with Crippen molar-refractivity contribution in [2.75, 3.05) is 5.88 Å². The third kappa shape index (κ3) is 3.05. The maximum Gasteiger partial charge on any atom is 0.0452 e. The van der Waals surface area contributed by atoms with Gasteiger partial charge in [-0.1, -0.05) is 42.6 Å². The standard InChI is InChI=1S/C11H13Cl3/c1-2-8(7-12)6-9-10(13)4-3-5-11(9)14/h3-5,8H,2,6-7H2,1H3. The van der Waals surface area contributed by atoms with Crippen molar-refractivity contribution in [2.24, 2.45) is 5.92 Å². The lowest BCUT2D eigenvalue weighted by Crippen LogP contribution is -2.05. The summed E-state index contributed by atoms with van der Waals surface area (Å²) in [6.07, 6.45) is 1.91. The van der Waals surface area contributed by atoms with Crippen molar-refractivity contribution < 1.29 is 0 Å². The van der Waals surface area contributed by atoms with E-state index in [4.69, 9.17) is 34.8 Å². The van der Waals surface area contributed by atoms with E-state index in [-0.39, 0.29) is 0 Å². The Morgan fingerprint density at radius 3 is 2.21 bits per heavy atom. The highest BCUT2D eigenvalue weighted by molar-refractivity contribution is 6.36. The van der Waals surface area contributed by atoms with Crippen LogP contribution in [0.15, 0.2) is 18.2 Å². The third-order valence-electron chi connectivity index (χ3n) is 2.35. The topological polar surface area (TPSA) is 0 Å². The average molecular weight is 252 g/mol. The highest BCUT2D eigenvalue weighted by Crippen LogP contribution is 2.27. The van der Waals surface area contributed by atoms with Crippen molar-refractivity contribution in [2.45, 2.75) is 19.8 Å². The van der Waals surface area contributed by atoms with Crippen LogP contribution < -0.4 is 0 Å². The van der Waals surface area contributed by atoms with E-state index in [1.54, 1.807) is 0 Å². The molecule has 0 saturated carbocycles. The summed E-state index contributed by atoms with van der Waals surface area (Å²) in [5, 5.41) is 1.47. The Bertz CT molecular complexity index is 272. The van der Waals surface area contributed by atoms with Crippen molar-refractivity contribution in [1.82, 2.24) is 0 Å². The number of benzene rings is 1. The van der Waals surface area contributed by atoms with Crippen LogP contribution >= 0.6 is 34.8 Å². The van der Waals surface area contributed by atoms with E-state index in [1.165, 1.54) is 0 Å². The van der Waals surface area contributed by atoms with Gasteiger partial charge < -0.3 is 0 Å². The molecule has 0 aliphatic heterocycles. The fraction of sp³-hybridized carbons (Fsp3) is 0.455. The van der Waals surface area contributed by atoms with Crippen molar-refractivity contribution in [3.05, 3.63) is 33.8 Å². The molecule has 0 nitrogen and oxygen atoms in total. The Morgan fingerprint density at radius 2 is 1.79 bits per heavy atom. The molecule has 14 heavy (non-hydrogen) atoms. The first-order chi connectivity index (χ1) is 6.69. The van der Waals surface area contributed by atoms with Gasteiger partial charge in [0.15, 0.2) is 0 Å². The first-order valence-electron chi connectivity index (χ1n) is 4.67. The molecule has 1 unspecified atom stereocenters. The summed E-state index contributed by atoms with van der Waals surface area (Å²) in [6.45, 7) is 2.12. The highest BCUT2D eigenvalue weighted by atomic mass is 35.5. The summed E-state index contributed by atoms with van der Waals surface area (Å²) < 4.78 is 0. The second kappa shape index (κ2) is 5.85. The van der Waals surface area contributed by atoms with Gasteiger partial charge in [0.2, 0.25) is 0 Å². The molecule has 0 fully saturated rings. The third-order valence-corrected chi connectivity index (χ3v) is 3.49. The molecule has 0 aliphatic rings. The Balaban J connectivity index is 2.84. The number of hydrogen-bond donors (Lipinski definition) is 0. The Hall–Kier alpha value is 0.0900. The van der Waals surface area contributed by atoms with Gasteiger partial charge in [0.1, 0.15) is 0 Å². The zero-order chi connectivity index (χ0) is 10.6. The summed E-state index contributed by atoms with van der Waals surface area (Å²) in [4.78, 5) is 0. The van der Waals surface area contributed by atoms with E-state index in [1.807, 2.05) is 18.2 Å². The molecule has 0 saturated heterocycles. The fourth-order valence-corrected chi connectivity index (χ4v) is 2.20. The van der Waals surface area contributed by atoms with Crippen LogP contribution in [0.5, 0.6) is 0 Å². The van der Waals surface area contributed by atoms with Crippen LogP contribution in [-0.4, -0.2) is 5.88 Å². The van der Waals surface area contributed by atoms with Crippen LogP contribution in [0.4, 0.5) is 0 Å². The molecule has 0 heterocycles. The number of rotatable bonds is 4. The second-order valence-electron chi connectivity index (χ2n) is 3.33. The van der Waals surface area contributed by atoms with Crippen LogP contribution in [0.3, 0.4) is 0 Å². The molecule has 1 aromatic carbocycles. The molecule has 0 amide bonds. The van der Waals surface area contributed by atoms with Gasteiger partial charge in [-0.05, 0) is 30.0 Å². The van der Waals surface area contributed by atoms with Gasteiger partial charge in [-0.3, -0.25) is 0 Å². The quantitative estimate of drug-likeness (QED) is 0.674. The second-order valence-corrected chi connectivity index (χ2v) is 4.46. The van der Waals surface area contributed by atoms with Crippen molar-refractivity contribution in [1.29, 1.82) is 0 Å². The Kier molecular flexibility index (Phi) is 5.08. The Labute approximate surface area is 100 Å². The van der Waals surface area contributed by atoms with Gasteiger partial charge in [-0.2, -0.15) is 0 Å². The predicted octanol–water partition coefficient (Wildman–Crippen LogP) is 4.80. The largest absolute Gasteiger partial charge is 0.126 e. The molecule has 0 N–H and O–H groups in total. The molecule has 1 atom stereocenters. The molecule has 0 spiro atoms. The molecule has 1 rings (SSSR count). The minimum Gasteiger partial charge on any atom is -0.126 e. The maximum absolute atomic E-state index is 6.06.